The molecule has 0 atom stereocenters. The second kappa shape index (κ2) is 4.08. The molecular formula is C11H13F3N4. The Morgan fingerprint density at radius 2 is 2.00 bits per heavy atom. The van der Waals surface area contributed by atoms with E-state index in [0.29, 0.717) is 13.0 Å². The Kier molecular flexibility index (Phi) is 2.84. The van der Waals surface area contributed by atoms with Crippen LogP contribution in [0.25, 0.3) is 11.0 Å². The summed E-state index contributed by atoms with van der Waals surface area (Å²) in [4.78, 5) is 3.95. The van der Waals surface area contributed by atoms with E-state index in [1.165, 1.54) is 10.6 Å². The maximum atomic E-state index is 12.9. The van der Waals surface area contributed by atoms with Gasteiger partial charge in [-0.2, -0.15) is 13.2 Å². The summed E-state index contributed by atoms with van der Waals surface area (Å²) in [6.45, 7) is 2.30. The quantitative estimate of drug-likeness (QED) is 0.869. The number of pyridine rings is 1. The lowest BCUT2D eigenvalue weighted by Crippen LogP contribution is -2.05. The van der Waals surface area contributed by atoms with Crippen LogP contribution in [0.2, 0.25) is 0 Å². The summed E-state index contributed by atoms with van der Waals surface area (Å²) in [7, 11) is 0. The predicted octanol–water partition coefficient (Wildman–Crippen LogP) is 2.63. The molecule has 0 radical (unpaired) electrons. The molecule has 2 rings (SSSR count). The van der Waals surface area contributed by atoms with E-state index in [1.807, 2.05) is 6.92 Å². The summed E-state index contributed by atoms with van der Waals surface area (Å²) in [6, 6.07) is 1.24. The summed E-state index contributed by atoms with van der Waals surface area (Å²) >= 11 is 0. The third-order valence-electron chi connectivity index (χ3n) is 2.65. The van der Waals surface area contributed by atoms with E-state index in [0.717, 1.165) is 6.20 Å². The Morgan fingerprint density at radius 3 is 2.56 bits per heavy atom. The molecule has 4 nitrogen and oxygen atoms in total. The second-order valence-corrected chi connectivity index (χ2v) is 4.07. The van der Waals surface area contributed by atoms with E-state index in [-0.39, 0.29) is 22.5 Å². The summed E-state index contributed by atoms with van der Waals surface area (Å²) < 4.78 is 40.2. The van der Waals surface area contributed by atoms with Crippen LogP contribution in [0.4, 0.5) is 24.7 Å². The highest BCUT2D eigenvalue weighted by atomic mass is 19.4. The van der Waals surface area contributed by atoms with Crippen molar-refractivity contribution in [3.63, 3.8) is 0 Å². The van der Waals surface area contributed by atoms with Crippen LogP contribution < -0.4 is 11.5 Å². The number of nitrogens with zero attached hydrogens (tertiary/aromatic N) is 2. The van der Waals surface area contributed by atoms with E-state index < -0.39 is 11.7 Å². The van der Waals surface area contributed by atoms with Crippen LogP contribution in [-0.4, -0.2) is 9.55 Å². The van der Waals surface area contributed by atoms with E-state index in [2.05, 4.69) is 4.98 Å². The number of aryl methyl sites for hydroxylation is 1. The van der Waals surface area contributed by atoms with Crippen LogP contribution in [0.15, 0.2) is 12.3 Å². The molecule has 2 heterocycles. The molecule has 0 aliphatic carbocycles. The number of nitrogens with two attached hydrogens (primary N) is 2. The zero-order valence-electron chi connectivity index (χ0n) is 9.75. The zero-order chi connectivity index (χ0) is 13.5. The number of anilines is 2. The van der Waals surface area contributed by atoms with Crippen molar-refractivity contribution < 1.29 is 13.2 Å². The van der Waals surface area contributed by atoms with Gasteiger partial charge in [-0.05, 0) is 6.42 Å². The summed E-state index contributed by atoms with van der Waals surface area (Å²) in [5.41, 5.74) is 10.6. The zero-order valence-corrected chi connectivity index (χ0v) is 9.75. The Morgan fingerprint density at radius 1 is 1.33 bits per heavy atom. The lowest BCUT2D eigenvalue weighted by molar-refractivity contribution is -0.136. The third kappa shape index (κ3) is 1.96. The number of nitrogen functional groups attached to an aromatic ring is 2. The van der Waals surface area contributed by atoms with Crippen molar-refractivity contribution in [2.75, 3.05) is 11.5 Å². The largest absolute Gasteiger partial charge is 0.418 e. The molecule has 0 fully saturated rings. The van der Waals surface area contributed by atoms with Gasteiger partial charge < -0.3 is 16.0 Å². The summed E-state index contributed by atoms with van der Waals surface area (Å²) in [5, 5.41) is -0.0786. The van der Waals surface area contributed by atoms with E-state index in [9.17, 15) is 13.2 Å². The molecule has 98 valence electrons. The lowest BCUT2D eigenvalue weighted by atomic mass is 10.2. The number of alkyl halides is 3. The fraction of sp³-hybridized carbons (Fsp3) is 0.364. The maximum Gasteiger partial charge on any atom is 0.418 e. The van der Waals surface area contributed by atoms with Gasteiger partial charge in [0.25, 0.3) is 0 Å². The smallest absolute Gasteiger partial charge is 0.398 e. The first-order valence-electron chi connectivity index (χ1n) is 5.46. The fourth-order valence-electron chi connectivity index (χ4n) is 1.96. The van der Waals surface area contributed by atoms with Crippen LogP contribution in [0.3, 0.4) is 0 Å². The molecule has 0 aliphatic rings. The molecule has 0 bridgehead atoms. The molecule has 2 aromatic heterocycles. The molecule has 4 N–H and O–H groups in total. The van der Waals surface area contributed by atoms with E-state index in [1.54, 1.807) is 0 Å². The first-order chi connectivity index (χ1) is 8.34. The average Bonchev–Trinajstić information content (AvgIpc) is 2.57. The Labute approximate surface area is 101 Å². The highest BCUT2D eigenvalue weighted by Crippen LogP contribution is 2.38. The molecule has 0 aromatic carbocycles. The van der Waals surface area contributed by atoms with Gasteiger partial charge in [0.1, 0.15) is 11.5 Å². The molecule has 0 saturated carbocycles. The number of hydrogen-bond donors (Lipinski definition) is 2. The summed E-state index contributed by atoms with van der Waals surface area (Å²) in [6.07, 6.45) is -2.72. The van der Waals surface area contributed by atoms with Gasteiger partial charge in [0.05, 0.1) is 10.9 Å². The van der Waals surface area contributed by atoms with Crippen molar-refractivity contribution in [1.82, 2.24) is 9.55 Å². The Bertz CT molecular complexity index is 586. The van der Waals surface area contributed by atoms with E-state index >= 15 is 0 Å². The molecule has 7 heteroatoms. The molecule has 0 saturated heterocycles. The predicted molar refractivity (Wildman–Crippen MR) is 63.9 cm³/mol. The minimum absolute atomic E-state index is 0.000298. The number of fused-ring (bicyclic) bond motifs is 1. The number of hydrogen-bond acceptors (Lipinski definition) is 3. The fourth-order valence-corrected chi connectivity index (χ4v) is 1.96. The van der Waals surface area contributed by atoms with Crippen molar-refractivity contribution in [3.8, 4) is 0 Å². The van der Waals surface area contributed by atoms with Gasteiger partial charge in [-0.3, -0.25) is 0 Å². The lowest BCUT2D eigenvalue weighted by Gasteiger charge is -2.06. The monoisotopic (exact) mass is 258 g/mol. The van der Waals surface area contributed by atoms with Gasteiger partial charge in [-0.1, -0.05) is 6.92 Å². The van der Waals surface area contributed by atoms with Crippen LogP contribution in [0.5, 0.6) is 0 Å². The molecule has 2 aromatic rings. The van der Waals surface area contributed by atoms with Crippen LogP contribution >= 0.6 is 0 Å². The minimum Gasteiger partial charge on any atom is -0.398 e. The molecular weight excluding hydrogens is 245 g/mol. The standard InChI is InChI=1S/C11H13F3N4/c1-2-3-18-5-6(11(12,13)14)9-7(15)4-8(16)17-10(9)18/h4-5H,2-3H2,1H3,(H4,15,16,17). The maximum absolute atomic E-state index is 12.9. The average molecular weight is 258 g/mol. The second-order valence-electron chi connectivity index (χ2n) is 4.07. The number of aromatic nitrogens is 2. The molecule has 0 unspecified atom stereocenters. The van der Waals surface area contributed by atoms with Gasteiger partial charge >= 0.3 is 6.18 Å². The number of halogens is 3. The van der Waals surface area contributed by atoms with Gasteiger partial charge in [-0.25, -0.2) is 4.98 Å². The van der Waals surface area contributed by atoms with Crippen molar-refractivity contribution in [1.29, 1.82) is 0 Å². The van der Waals surface area contributed by atoms with Crippen LogP contribution in [0.1, 0.15) is 18.9 Å². The van der Waals surface area contributed by atoms with Crippen molar-refractivity contribution >= 4 is 22.5 Å². The third-order valence-corrected chi connectivity index (χ3v) is 2.65. The van der Waals surface area contributed by atoms with Crippen molar-refractivity contribution in [3.05, 3.63) is 17.8 Å². The van der Waals surface area contributed by atoms with Crippen LogP contribution in [0, 0.1) is 0 Å². The molecule has 0 amide bonds. The molecule has 18 heavy (non-hydrogen) atoms. The van der Waals surface area contributed by atoms with Gasteiger partial charge in [0, 0.05) is 24.5 Å². The minimum atomic E-state index is -4.46. The summed E-state index contributed by atoms with van der Waals surface area (Å²) in [5.74, 6) is 0.115. The van der Waals surface area contributed by atoms with Gasteiger partial charge in [0.2, 0.25) is 0 Å². The van der Waals surface area contributed by atoms with E-state index in [4.69, 9.17) is 11.5 Å². The highest BCUT2D eigenvalue weighted by molar-refractivity contribution is 5.93. The SMILES string of the molecule is CCCn1cc(C(F)(F)F)c2c(N)cc(N)nc21. The Balaban J connectivity index is 2.81. The molecule has 0 aliphatic heterocycles. The Hall–Kier alpha value is -1.92. The van der Waals surface area contributed by atoms with Gasteiger partial charge in [-0.15, -0.1) is 0 Å². The first-order valence-corrected chi connectivity index (χ1v) is 5.46. The molecule has 0 spiro atoms. The van der Waals surface area contributed by atoms with Gasteiger partial charge in [0.15, 0.2) is 0 Å². The van der Waals surface area contributed by atoms with Crippen LogP contribution in [-0.2, 0) is 12.7 Å². The number of rotatable bonds is 2. The van der Waals surface area contributed by atoms with Crippen molar-refractivity contribution in [2.45, 2.75) is 26.1 Å². The normalized spacial score (nSPS) is 12.2. The topological polar surface area (TPSA) is 69.9 Å². The van der Waals surface area contributed by atoms with Crippen molar-refractivity contribution in [2.24, 2.45) is 0 Å². The highest BCUT2D eigenvalue weighted by Gasteiger charge is 2.35. The first kappa shape index (κ1) is 12.5.